The number of aryl methyl sites for hydroxylation is 1. The fourth-order valence-electron chi connectivity index (χ4n) is 2.03. The molecule has 0 bridgehead atoms. The molecule has 0 aliphatic rings. The first-order chi connectivity index (χ1) is 8.56. The monoisotopic (exact) mass is 309 g/mol. The second-order valence-corrected chi connectivity index (χ2v) is 5.79. The fourth-order valence-corrected chi connectivity index (χ4v) is 2.65. The van der Waals surface area contributed by atoms with Gasteiger partial charge in [0.15, 0.2) is 0 Å². The minimum Gasteiger partial charge on any atom is -0.310 e. The van der Waals surface area contributed by atoms with Crippen molar-refractivity contribution >= 4 is 15.9 Å². The topological polar surface area (TPSA) is 12.0 Å². The highest BCUT2D eigenvalue weighted by atomic mass is 79.9. The molecule has 1 nitrogen and oxygen atoms in total. The van der Waals surface area contributed by atoms with Gasteiger partial charge >= 0.3 is 0 Å². The lowest BCUT2D eigenvalue weighted by Gasteiger charge is -2.20. The molecule has 0 saturated carbocycles. The minimum atomic E-state index is 0.383. The van der Waals surface area contributed by atoms with Crippen molar-refractivity contribution < 1.29 is 0 Å². The SMILES string of the molecule is C=C(CC)CC(NCCC)c1cc(C)cc(Br)c1. The molecule has 1 atom stereocenters. The van der Waals surface area contributed by atoms with Crippen LogP contribution in [0.15, 0.2) is 34.8 Å². The van der Waals surface area contributed by atoms with Gasteiger partial charge in [-0.1, -0.05) is 48.0 Å². The number of halogens is 1. The molecule has 1 aromatic carbocycles. The van der Waals surface area contributed by atoms with Crippen LogP contribution in [-0.4, -0.2) is 6.54 Å². The second kappa shape index (κ2) is 7.75. The van der Waals surface area contributed by atoms with E-state index in [0.29, 0.717) is 6.04 Å². The maximum absolute atomic E-state index is 4.14. The Labute approximate surface area is 120 Å². The zero-order chi connectivity index (χ0) is 13.5. The average molecular weight is 310 g/mol. The largest absolute Gasteiger partial charge is 0.310 e. The molecule has 0 heterocycles. The lowest BCUT2D eigenvalue weighted by Crippen LogP contribution is -2.22. The molecule has 0 aliphatic heterocycles. The smallest absolute Gasteiger partial charge is 0.0357 e. The average Bonchev–Trinajstić information content (AvgIpc) is 2.32. The first kappa shape index (κ1) is 15.5. The van der Waals surface area contributed by atoms with Crippen LogP contribution < -0.4 is 5.32 Å². The summed E-state index contributed by atoms with van der Waals surface area (Å²) in [6.07, 6.45) is 3.23. The summed E-state index contributed by atoms with van der Waals surface area (Å²) in [5.74, 6) is 0. The van der Waals surface area contributed by atoms with E-state index in [1.165, 1.54) is 16.7 Å². The van der Waals surface area contributed by atoms with Crippen molar-refractivity contribution in [3.8, 4) is 0 Å². The number of nitrogens with one attached hydrogen (secondary N) is 1. The van der Waals surface area contributed by atoms with Gasteiger partial charge in [-0.15, -0.1) is 0 Å². The van der Waals surface area contributed by atoms with Crippen molar-refractivity contribution in [2.24, 2.45) is 0 Å². The molecule has 0 spiro atoms. The first-order valence-corrected chi connectivity index (χ1v) is 7.53. The van der Waals surface area contributed by atoms with Crippen molar-refractivity contribution in [1.82, 2.24) is 5.32 Å². The number of rotatable bonds is 7. The molecule has 1 N–H and O–H groups in total. The van der Waals surface area contributed by atoms with Crippen molar-refractivity contribution in [2.75, 3.05) is 6.54 Å². The maximum atomic E-state index is 4.14. The van der Waals surface area contributed by atoms with Gasteiger partial charge < -0.3 is 5.32 Å². The van der Waals surface area contributed by atoms with E-state index in [-0.39, 0.29) is 0 Å². The van der Waals surface area contributed by atoms with E-state index in [9.17, 15) is 0 Å². The molecule has 0 amide bonds. The number of hydrogen-bond acceptors (Lipinski definition) is 1. The molecule has 0 saturated heterocycles. The molecule has 0 aliphatic carbocycles. The van der Waals surface area contributed by atoms with Gasteiger partial charge in [0.2, 0.25) is 0 Å². The highest BCUT2D eigenvalue weighted by Gasteiger charge is 2.12. The van der Waals surface area contributed by atoms with E-state index in [4.69, 9.17) is 0 Å². The number of hydrogen-bond donors (Lipinski definition) is 1. The van der Waals surface area contributed by atoms with Gasteiger partial charge in [-0.3, -0.25) is 0 Å². The van der Waals surface area contributed by atoms with E-state index in [2.05, 4.69) is 66.8 Å². The Morgan fingerprint density at radius 3 is 2.61 bits per heavy atom. The summed E-state index contributed by atoms with van der Waals surface area (Å²) in [4.78, 5) is 0. The van der Waals surface area contributed by atoms with Crippen LogP contribution in [0.3, 0.4) is 0 Å². The molecule has 0 fully saturated rings. The quantitative estimate of drug-likeness (QED) is 0.686. The number of benzene rings is 1. The zero-order valence-electron chi connectivity index (χ0n) is 11.7. The molecule has 1 unspecified atom stereocenters. The van der Waals surface area contributed by atoms with Gasteiger partial charge in [-0.05, 0) is 56.0 Å². The van der Waals surface area contributed by atoms with Gasteiger partial charge in [0.05, 0.1) is 0 Å². The summed E-state index contributed by atoms with van der Waals surface area (Å²) in [6.45, 7) is 11.7. The van der Waals surface area contributed by atoms with E-state index in [0.717, 1.165) is 30.3 Å². The standard InChI is InChI=1S/C16H24BrN/c1-5-7-18-16(10-12(3)6-2)14-8-13(4)9-15(17)11-14/h8-9,11,16,18H,3,5-7,10H2,1-2,4H3. The summed E-state index contributed by atoms with van der Waals surface area (Å²) in [5.41, 5.74) is 3.95. The third-order valence-electron chi connectivity index (χ3n) is 3.10. The molecule has 0 radical (unpaired) electrons. The minimum absolute atomic E-state index is 0.383. The van der Waals surface area contributed by atoms with Crippen molar-refractivity contribution in [3.63, 3.8) is 0 Å². The van der Waals surface area contributed by atoms with Gasteiger partial charge in [0, 0.05) is 10.5 Å². The van der Waals surface area contributed by atoms with Crippen LogP contribution in [0.5, 0.6) is 0 Å². The third-order valence-corrected chi connectivity index (χ3v) is 3.56. The molecule has 0 aromatic heterocycles. The van der Waals surface area contributed by atoms with E-state index in [1.807, 2.05) is 0 Å². The fraction of sp³-hybridized carbons (Fsp3) is 0.500. The molecule has 2 heteroatoms. The predicted molar refractivity (Wildman–Crippen MR) is 84.0 cm³/mol. The summed E-state index contributed by atoms with van der Waals surface area (Å²) >= 11 is 3.58. The van der Waals surface area contributed by atoms with Crippen LogP contribution in [0.1, 0.15) is 50.3 Å². The van der Waals surface area contributed by atoms with Gasteiger partial charge in [0.25, 0.3) is 0 Å². The highest BCUT2D eigenvalue weighted by molar-refractivity contribution is 9.10. The van der Waals surface area contributed by atoms with Gasteiger partial charge in [0.1, 0.15) is 0 Å². The summed E-state index contributed by atoms with van der Waals surface area (Å²) in [5, 5.41) is 3.62. The summed E-state index contributed by atoms with van der Waals surface area (Å²) in [7, 11) is 0. The van der Waals surface area contributed by atoms with Crippen molar-refractivity contribution in [2.45, 2.75) is 46.1 Å². The Balaban J connectivity index is 2.89. The van der Waals surface area contributed by atoms with E-state index in [1.54, 1.807) is 0 Å². The second-order valence-electron chi connectivity index (χ2n) is 4.88. The first-order valence-electron chi connectivity index (χ1n) is 6.74. The zero-order valence-corrected chi connectivity index (χ0v) is 13.3. The van der Waals surface area contributed by atoms with Crippen LogP contribution in [0, 0.1) is 6.92 Å². The lowest BCUT2D eigenvalue weighted by molar-refractivity contribution is 0.523. The van der Waals surface area contributed by atoms with E-state index < -0.39 is 0 Å². The van der Waals surface area contributed by atoms with Crippen LogP contribution >= 0.6 is 15.9 Å². The molecule has 100 valence electrons. The van der Waals surface area contributed by atoms with E-state index >= 15 is 0 Å². The Hall–Kier alpha value is -0.600. The summed E-state index contributed by atoms with van der Waals surface area (Å²) in [6, 6.07) is 7.01. The molecular weight excluding hydrogens is 286 g/mol. The lowest BCUT2D eigenvalue weighted by atomic mass is 9.97. The molecule has 1 aromatic rings. The van der Waals surface area contributed by atoms with Crippen molar-refractivity contribution in [3.05, 3.63) is 46.0 Å². The molecular formula is C16H24BrN. The van der Waals surface area contributed by atoms with Crippen LogP contribution in [0.25, 0.3) is 0 Å². The Morgan fingerprint density at radius 2 is 2.06 bits per heavy atom. The summed E-state index contributed by atoms with van der Waals surface area (Å²) < 4.78 is 1.16. The maximum Gasteiger partial charge on any atom is 0.0357 e. The van der Waals surface area contributed by atoms with Gasteiger partial charge in [-0.25, -0.2) is 0 Å². The Morgan fingerprint density at radius 1 is 1.33 bits per heavy atom. The van der Waals surface area contributed by atoms with Crippen LogP contribution in [0.4, 0.5) is 0 Å². The Bertz CT molecular complexity index is 378. The molecule has 1 rings (SSSR count). The normalized spacial score (nSPS) is 12.4. The third kappa shape index (κ3) is 4.95. The van der Waals surface area contributed by atoms with Crippen LogP contribution in [-0.2, 0) is 0 Å². The Kier molecular flexibility index (Phi) is 6.66. The van der Waals surface area contributed by atoms with Gasteiger partial charge in [-0.2, -0.15) is 0 Å². The molecule has 18 heavy (non-hydrogen) atoms. The highest BCUT2D eigenvalue weighted by Crippen LogP contribution is 2.26. The van der Waals surface area contributed by atoms with Crippen LogP contribution in [0.2, 0.25) is 0 Å². The predicted octanol–water partition coefficient (Wildman–Crippen LogP) is 5.15. The van der Waals surface area contributed by atoms with Crippen molar-refractivity contribution in [1.29, 1.82) is 0 Å².